The highest BCUT2D eigenvalue weighted by Crippen LogP contribution is 2.35. The van der Waals surface area contributed by atoms with E-state index in [1.807, 2.05) is 55.5 Å². The summed E-state index contributed by atoms with van der Waals surface area (Å²) >= 11 is 0. The van der Waals surface area contributed by atoms with E-state index < -0.39 is 10.0 Å². The van der Waals surface area contributed by atoms with E-state index in [1.165, 1.54) is 13.2 Å². The third-order valence-electron chi connectivity index (χ3n) is 7.32. The van der Waals surface area contributed by atoms with Crippen LogP contribution < -0.4 is 9.04 Å². The van der Waals surface area contributed by atoms with E-state index in [1.54, 1.807) is 26.1 Å². The Hall–Kier alpha value is -4.32. The third-order valence-corrected chi connectivity index (χ3v) is 9.06. The summed E-state index contributed by atoms with van der Waals surface area (Å²) in [6.07, 6.45) is 2.36. The zero-order chi connectivity index (χ0) is 31.3. The summed E-state index contributed by atoms with van der Waals surface area (Å²) in [5.41, 5.74) is 5.63. The standard InChI is InChI=1S/C33H36N4O6S/c1-6-26-18-30(28-11-8-9-12-29(28)35-26)42-19-24-14-15-27(25(17-24)20-41-7-2)32-31(13-10-16-34-32)44(38,39)37(21-40-5)33-22(3)23(4)36-43-33/h8-18H,6-7,19-21H2,1-5H3. The van der Waals surface area contributed by atoms with Crippen molar-refractivity contribution < 1.29 is 27.2 Å². The second-order valence-corrected chi connectivity index (χ2v) is 12.1. The molecule has 3 heterocycles. The van der Waals surface area contributed by atoms with Gasteiger partial charge in [0.15, 0.2) is 0 Å². The first-order chi connectivity index (χ1) is 21.3. The van der Waals surface area contributed by atoms with Crippen LogP contribution in [0.1, 0.15) is 41.9 Å². The van der Waals surface area contributed by atoms with Gasteiger partial charge in [0.25, 0.3) is 10.0 Å². The van der Waals surface area contributed by atoms with Crippen LogP contribution in [-0.4, -0.2) is 44.0 Å². The van der Waals surface area contributed by atoms with Crippen LogP contribution in [0, 0.1) is 13.8 Å². The summed E-state index contributed by atoms with van der Waals surface area (Å²) in [5.74, 6) is 0.855. The molecule has 230 valence electrons. The molecule has 3 aromatic heterocycles. The first kappa shape index (κ1) is 31.1. The second kappa shape index (κ2) is 13.5. The normalized spacial score (nSPS) is 11.7. The molecule has 0 saturated carbocycles. The predicted molar refractivity (Wildman–Crippen MR) is 168 cm³/mol. The molecular weight excluding hydrogens is 580 g/mol. The van der Waals surface area contributed by atoms with Crippen molar-refractivity contribution in [1.29, 1.82) is 0 Å². The number of aryl methyl sites for hydroxylation is 2. The maximum Gasteiger partial charge on any atom is 0.270 e. The van der Waals surface area contributed by atoms with Crippen LogP contribution in [0.3, 0.4) is 0 Å². The van der Waals surface area contributed by atoms with Gasteiger partial charge in [-0.3, -0.25) is 9.97 Å². The van der Waals surface area contributed by atoms with Crippen molar-refractivity contribution in [2.75, 3.05) is 24.8 Å². The van der Waals surface area contributed by atoms with E-state index in [0.717, 1.165) is 44.2 Å². The number of hydrogen-bond donors (Lipinski definition) is 0. The highest BCUT2D eigenvalue weighted by molar-refractivity contribution is 7.93. The SMILES string of the molecule is CCOCc1cc(COc2cc(CC)nc3ccccc23)ccc1-c1ncccc1S(=O)(=O)N(COC)c1onc(C)c1C. The topological polar surface area (TPSA) is 117 Å². The van der Waals surface area contributed by atoms with Crippen LogP contribution in [0.4, 0.5) is 5.88 Å². The number of ether oxygens (including phenoxy) is 3. The van der Waals surface area contributed by atoms with Crippen LogP contribution in [0.5, 0.6) is 5.75 Å². The van der Waals surface area contributed by atoms with Crippen molar-refractivity contribution in [1.82, 2.24) is 15.1 Å². The molecule has 0 unspecified atom stereocenters. The molecule has 0 radical (unpaired) electrons. The van der Waals surface area contributed by atoms with Gasteiger partial charge >= 0.3 is 0 Å². The highest BCUT2D eigenvalue weighted by atomic mass is 32.2. The summed E-state index contributed by atoms with van der Waals surface area (Å²) in [6.45, 7) is 8.26. The average molecular weight is 617 g/mol. The Morgan fingerprint density at radius 1 is 0.977 bits per heavy atom. The first-order valence-electron chi connectivity index (χ1n) is 14.4. The van der Waals surface area contributed by atoms with Gasteiger partial charge in [0.1, 0.15) is 24.0 Å². The van der Waals surface area contributed by atoms with E-state index in [2.05, 4.69) is 17.1 Å². The van der Waals surface area contributed by atoms with E-state index in [-0.39, 0.29) is 29.8 Å². The molecule has 0 N–H and O–H groups in total. The number of hydrogen-bond acceptors (Lipinski definition) is 9. The number of rotatable bonds is 13. The monoisotopic (exact) mass is 616 g/mol. The van der Waals surface area contributed by atoms with Crippen molar-refractivity contribution in [3.05, 3.63) is 94.9 Å². The lowest BCUT2D eigenvalue weighted by molar-refractivity contribution is 0.134. The van der Waals surface area contributed by atoms with Gasteiger partial charge in [0, 0.05) is 48.2 Å². The minimum atomic E-state index is -4.18. The van der Waals surface area contributed by atoms with Crippen molar-refractivity contribution in [3.8, 4) is 17.0 Å². The third kappa shape index (κ3) is 6.30. The number of para-hydroxylation sites is 1. The number of nitrogens with zero attached hydrogens (tertiary/aromatic N) is 4. The largest absolute Gasteiger partial charge is 0.488 e. The molecule has 0 saturated heterocycles. The summed E-state index contributed by atoms with van der Waals surface area (Å²) in [5, 5.41) is 4.89. The van der Waals surface area contributed by atoms with E-state index in [9.17, 15) is 8.42 Å². The minimum absolute atomic E-state index is 0.00241. The molecule has 2 aromatic carbocycles. The fourth-order valence-electron chi connectivity index (χ4n) is 4.87. The van der Waals surface area contributed by atoms with Crippen molar-refractivity contribution in [2.45, 2.75) is 52.2 Å². The lowest BCUT2D eigenvalue weighted by atomic mass is 10.0. The van der Waals surface area contributed by atoms with Gasteiger partial charge in [-0.05, 0) is 68.7 Å². The second-order valence-electron chi connectivity index (χ2n) is 10.2. The first-order valence-corrected chi connectivity index (χ1v) is 15.8. The molecule has 0 bridgehead atoms. The average Bonchev–Trinajstić information content (AvgIpc) is 3.37. The minimum Gasteiger partial charge on any atom is -0.488 e. The Kier molecular flexibility index (Phi) is 9.58. The van der Waals surface area contributed by atoms with Crippen LogP contribution in [0.15, 0.2) is 76.3 Å². The number of benzene rings is 2. The molecule has 44 heavy (non-hydrogen) atoms. The molecule has 0 fully saturated rings. The summed E-state index contributed by atoms with van der Waals surface area (Å²) < 4.78 is 52.2. The maximum absolute atomic E-state index is 14.2. The number of sulfonamides is 1. The van der Waals surface area contributed by atoms with E-state index >= 15 is 0 Å². The maximum atomic E-state index is 14.2. The molecule has 0 spiro atoms. The lowest BCUT2D eigenvalue weighted by Gasteiger charge is -2.23. The zero-order valence-electron chi connectivity index (χ0n) is 25.5. The van der Waals surface area contributed by atoms with Crippen molar-refractivity contribution in [2.24, 2.45) is 0 Å². The van der Waals surface area contributed by atoms with E-state index in [0.29, 0.717) is 30.0 Å². The van der Waals surface area contributed by atoms with Gasteiger partial charge in [-0.25, -0.2) is 12.7 Å². The molecular formula is C33H36N4O6S. The quantitative estimate of drug-likeness (QED) is 0.139. The van der Waals surface area contributed by atoms with Gasteiger partial charge in [-0.2, -0.15) is 0 Å². The molecule has 0 atom stereocenters. The number of fused-ring (bicyclic) bond motifs is 1. The molecule has 5 rings (SSSR count). The van der Waals surface area contributed by atoms with Crippen LogP contribution in [-0.2, 0) is 39.1 Å². The molecule has 10 nitrogen and oxygen atoms in total. The van der Waals surface area contributed by atoms with Gasteiger partial charge in [-0.15, -0.1) is 0 Å². The van der Waals surface area contributed by atoms with Gasteiger partial charge in [-0.1, -0.05) is 36.3 Å². The van der Waals surface area contributed by atoms with Gasteiger partial charge < -0.3 is 18.7 Å². The lowest BCUT2D eigenvalue weighted by Crippen LogP contribution is -2.33. The molecule has 5 aromatic rings. The highest BCUT2D eigenvalue weighted by Gasteiger charge is 2.33. The summed E-state index contributed by atoms with van der Waals surface area (Å²) in [7, 11) is -2.76. The number of anilines is 1. The molecule has 0 aliphatic carbocycles. The Labute approximate surface area is 257 Å². The fraction of sp³-hybridized carbons (Fsp3) is 0.303. The number of methoxy groups -OCH3 is 1. The Morgan fingerprint density at radius 3 is 2.52 bits per heavy atom. The molecule has 0 aliphatic heterocycles. The van der Waals surface area contributed by atoms with Crippen LogP contribution >= 0.6 is 0 Å². The molecule has 11 heteroatoms. The summed E-state index contributed by atoms with van der Waals surface area (Å²) in [4.78, 5) is 9.25. The molecule has 0 amide bonds. The van der Waals surface area contributed by atoms with Crippen molar-refractivity contribution in [3.63, 3.8) is 0 Å². The number of aromatic nitrogens is 3. The molecule has 0 aliphatic rings. The van der Waals surface area contributed by atoms with Gasteiger partial charge in [0.05, 0.1) is 23.5 Å². The predicted octanol–water partition coefficient (Wildman–Crippen LogP) is 6.38. The Bertz CT molecular complexity index is 1870. The fourth-order valence-corrected chi connectivity index (χ4v) is 6.39. The summed E-state index contributed by atoms with van der Waals surface area (Å²) in [6, 6.07) is 18.8. The zero-order valence-corrected chi connectivity index (χ0v) is 26.3. The van der Waals surface area contributed by atoms with Gasteiger partial charge in [0.2, 0.25) is 5.88 Å². The Balaban J connectivity index is 1.53. The van der Waals surface area contributed by atoms with E-state index in [4.69, 9.17) is 23.7 Å². The van der Waals surface area contributed by atoms with Crippen LogP contribution in [0.2, 0.25) is 0 Å². The van der Waals surface area contributed by atoms with Crippen molar-refractivity contribution >= 4 is 26.8 Å². The Morgan fingerprint density at radius 2 is 1.80 bits per heavy atom. The number of pyridine rings is 2. The smallest absolute Gasteiger partial charge is 0.270 e. The van der Waals surface area contributed by atoms with Crippen LogP contribution in [0.25, 0.3) is 22.2 Å².